The fourth-order valence-corrected chi connectivity index (χ4v) is 2.39. The van der Waals surface area contributed by atoms with Crippen molar-refractivity contribution in [3.8, 4) is 0 Å². The van der Waals surface area contributed by atoms with Crippen LogP contribution in [0.1, 0.15) is 47.2 Å². The number of carbonyl (C=O) groups excluding carboxylic acids is 1. The van der Waals surface area contributed by atoms with Crippen LogP contribution in [-0.4, -0.2) is 29.5 Å². The van der Waals surface area contributed by atoms with E-state index in [0.29, 0.717) is 11.5 Å². The van der Waals surface area contributed by atoms with Gasteiger partial charge < -0.3 is 10.2 Å². The summed E-state index contributed by atoms with van der Waals surface area (Å²) in [5, 5.41) is 2.92. The molecule has 0 bridgehead atoms. The molecule has 1 aromatic carbocycles. The molecule has 0 unspecified atom stereocenters. The number of nitrogens with one attached hydrogen (secondary N) is 1. The van der Waals surface area contributed by atoms with Gasteiger partial charge in [0.15, 0.2) is 0 Å². The number of rotatable bonds is 6. The molecule has 0 radical (unpaired) electrons. The molecule has 2 rings (SSSR count). The fraction of sp³-hybridized carbons (Fsp3) is 0.421. The number of hydrogen-bond donors (Lipinski definition) is 1. The van der Waals surface area contributed by atoms with Crippen molar-refractivity contribution in [1.82, 2.24) is 9.97 Å². The van der Waals surface area contributed by atoms with Crippen molar-refractivity contribution in [2.75, 3.05) is 23.8 Å². The zero-order valence-corrected chi connectivity index (χ0v) is 15.2. The van der Waals surface area contributed by atoms with E-state index in [0.717, 1.165) is 36.5 Å². The maximum absolute atomic E-state index is 12.5. The van der Waals surface area contributed by atoms with Crippen molar-refractivity contribution in [2.24, 2.45) is 0 Å². The highest BCUT2D eigenvalue weighted by molar-refractivity contribution is 6.03. The number of nitrogens with zero attached hydrogens (tertiary/aromatic N) is 3. The summed E-state index contributed by atoms with van der Waals surface area (Å²) in [7, 11) is 1.99. The summed E-state index contributed by atoms with van der Waals surface area (Å²) in [6, 6.07) is 7.62. The lowest BCUT2D eigenvalue weighted by Crippen LogP contribution is -2.22. The first-order chi connectivity index (χ1) is 11.4. The summed E-state index contributed by atoms with van der Waals surface area (Å²) < 4.78 is 0. The van der Waals surface area contributed by atoms with Gasteiger partial charge in [0.05, 0.1) is 0 Å². The molecule has 2 aromatic rings. The Kier molecular flexibility index (Phi) is 5.90. The molecule has 0 aliphatic carbocycles. The van der Waals surface area contributed by atoms with Crippen molar-refractivity contribution in [3.05, 3.63) is 46.9 Å². The van der Waals surface area contributed by atoms with Crippen LogP contribution in [-0.2, 0) is 0 Å². The van der Waals surface area contributed by atoms with Crippen LogP contribution in [0.3, 0.4) is 0 Å². The van der Waals surface area contributed by atoms with E-state index >= 15 is 0 Å². The van der Waals surface area contributed by atoms with E-state index in [1.54, 1.807) is 6.07 Å². The van der Waals surface area contributed by atoms with Crippen molar-refractivity contribution in [3.63, 3.8) is 0 Å². The van der Waals surface area contributed by atoms with Crippen LogP contribution in [0.5, 0.6) is 0 Å². The SMILES string of the molecule is CCCCN(C)c1cc(C(=O)Nc2ccc(C)c(C)c2)nc(C)n1. The molecule has 24 heavy (non-hydrogen) atoms. The van der Waals surface area contributed by atoms with E-state index in [9.17, 15) is 4.79 Å². The predicted octanol–water partition coefficient (Wildman–Crippen LogP) is 3.89. The van der Waals surface area contributed by atoms with Crippen molar-refractivity contribution >= 4 is 17.4 Å². The summed E-state index contributed by atoms with van der Waals surface area (Å²) in [6.07, 6.45) is 2.21. The second-order valence-electron chi connectivity index (χ2n) is 6.19. The molecule has 5 nitrogen and oxygen atoms in total. The number of aromatic nitrogens is 2. The van der Waals surface area contributed by atoms with Gasteiger partial charge in [-0.1, -0.05) is 19.4 Å². The molecule has 0 spiro atoms. The van der Waals surface area contributed by atoms with Gasteiger partial charge in [0.2, 0.25) is 0 Å². The number of carbonyl (C=O) groups is 1. The summed E-state index contributed by atoms with van der Waals surface area (Å²) >= 11 is 0. The maximum Gasteiger partial charge on any atom is 0.274 e. The van der Waals surface area contributed by atoms with Gasteiger partial charge in [0.25, 0.3) is 5.91 Å². The van der Waals surface area contributed by atoms with Gasteiger partial charge in [-0.15, -0.1) is 0 Å². The van der Waals surface area contributed by atoms with Crippen molar-refractivity contribution in [2.45, 2.75) is 40.5 Å². The second-order valence-corrected chi connectivity index (χ2v) is 6.19. The zero-order valence-electron chi connectivity index (χ0n) is 15.2. The first-order valence-corrected chi connectivity index (χ1v) is 8.36. The Hall–Kier alpha value is -2.43. The number of aryl methyl sites for hydroxylation is 3. The Morgan fingerprint density at radius 3 is 2.54 bits per heavy atom. The summed E-state index contributed by atoms with van der Waals surface area (Å²) in [4.78, 5) is 23.3. The van der Waals surface area contributed by atoms with Gasteiger partial charge in [-0.25, -0.2) is 9.97 Å². The van der Waals surface area contributed by atoms with Crippen molar-refractivity contribution < 1.29 is 4.79 Å². The summed E-state index contributed by atoms with van der Waals surface area (Å²) in [5.74, 6) is 1.16. The highest BCUT2D eigenvalue weighted by Crippen LogP contribution is 2.17. The van der Waals surface area contributed by atoms with Gasteiger partial charge >= 0.3 is 0 Å². The quantitative estimate of drug-likeness (QED) is 0.875. The Morgan fingerprint density at radius 2 is 1.88 bits per heavy atom. The normalized spacial score (nSPS) is 10.5. The molecule has 1 aromatic heterocycles. The van der Waals surface area contributed by atoms with Gasteiger partial charge in [0, 0.05) is 25.3 Å². The molecular formula is C19H26N4O. The molecule has 5 heteroatoms. The van der Waals surface area contributed by atoms with Gasteiger partial charge in [-0.3, -0.25) is 4.79 Å². The minimum absolute atomic E-state index is 0.214. The number of hydrogen-bond acceptors (Lipinski definition) is 4. The minimum Gasteiger partial charge on any atom is -0.360 e. The monoisotopic (exact) mass is 326 g/mol. The lowest BCUT2D eigenvalue weighted by molar-refractivity contribution is 0.102. The second kappa shape index (κ2) is 7.90. The molecule has 0 saturated heterocycles. The number of unbranched alkanes of at least 4 members (excludes halogenated alkanes) is 1. The molecule has 128 valence electrons. The summed E-state index contributed by atoms with van der Waals surface area (Å²) in [6.45, 7) is 8.95. The van der Waals surface area contributed by atoms with E-state index < -0.39 is 0 Å². The molecule has 0 fully saturated rings. The first kappa shape index (κ1) is 17.9. The first-order valence-electron chi connectivity index (χ1n) is 8.36. The third-order valence-electron chi connectivity index (χ3n) is 4.06. The zero-order chi connectivity index (χ0) is 17.7. The maximum atomic E-state index is 12.5. The molecule has 1 amide bonds. The Bertz CT molecular complexity index is 727. The lowest BCUT2D eigenvalue weighted by Gasteiger charge is -2.18. The van der Waals surface area contributed by atoms with E-state index in [1.807, 2.05) is 46.0 Å². The van der Waals surface area contributed by atoms with E-state index in [2.05, 4.69) is 27.1 Å². The molecule has 0 saturated carbocycles. The predicted molar refractivity (Wildman–Crippen MR) is 98.8 cm³/mol. The average Bonchev–Trinajstić information content (AvgIpc) is 2.55. The topological polar surface area (TPSA) is 58.1 Å². The molecular weight excluding hydrogens is 300 g/mol. The van der Waals surface area contributed by atoms with Crippen LogP contribution in [0.25, 0.3) is 0 Å². The largest absolute Gasteiger partial charge is 0.360 e. The number of benzene rings is 1. The third-order valence-corrected chi connectivity index (χ3v) is 4.06. The van der Waals surface area contributed by atoms with Crippen LogP contribution in [0.4, 0.5) is 11.5 Å². The highest BCUT2D eigenvalue weighted by atomic mass is 16.1. The Balaban J connectivity index is 2.19. The molecule has 0 aliphatic heterocycles. The van der Waals surface area contributed by atoms with Crippen LogP contribution in [0.15, 0.2) is 24.3 Å². The smallest absolute Gasteiger partial charge is 0.274 e. The highest BCUT2D eigenvalue weighted by Gasteiger charge is 2.13. The molecule has 1 heterocycles. The standard InChI is InChI=1S/C19H26N4O/c1-6-7-10-23(5)18-12-17(20-15(4)21-18)19(24)22-16-9-8-13(2)14(3)11-16/h8-9,11-12H,6-7,10H2,1-5H3,(H,22,24). The molecule has 0 aliphatic rings. The lowest BCUT2D eigenvalue weighted by atomic mass is 10.1. The van der Waals surface area contributed by atoms with Crippen LogP contribution < -0.4 is 10.2 Å². The van der Waals surface area contributed by atoms with E-state index in [-0.39, 0.29) is 5.91 Å². The number of anilines is 2. The Morgan fingerprint density at radius 1 is 1.12 bits per heavy atom. The van der Waals surface area contributed by atoms with Gasteiger partial charge in [-0.05, 0) is 50.5 Å². The van der Waals surface area contributed by atoms with Gasteiger partial charge in [0.1, 0.15) is 17.3 Å². The van der Waals surface area contributed by atoms with E-state index in [1.165, 1.54) is 5.56 Å². The van der Waals surface area contributed by atoms with E-state index in [4.69, 9.17) is 0 Å². The summed E-state index contributed by atoms with van der Waals surface area (Å²) in [5.41, 5.74) is 3.51. The van der Waals surface area contributed by atoms with Crippen LogP contribution >= 0.6 is 0 Å². The van der Waals surface area contributed by atoms with Crippen LogP contribution in [0, 0.1) is 20.8 Å². The Labute approximate surface area is 144 Å². The van der Waals surface area contributed by atoms with Gasteiger partial charge in [-0.2, -0.15) is 0 Å². The molecule has 1 N–H and O–H groups in total. The number of amides is 1. The van der Waals surface area contributed by atoms with Crippen molar-refractivity contribution in [1.29, 1.82) is 0 Å². The average molecular weight is 326 g/mol. The van der Waals surface area contributed by atoms with Crippen LogP contribution in [0.2, 0.25) is 0 Å². The molecule has 0 atom stereocenters. The third kappa shape index (κ3) is 4.54. The minimum atomic E-state index is -0.214. The fourth-order valence-electron chi connectivity index (χ4n) is 2.39.